The minimum absolute atomic E-state index is 0.116. The van der Waals surface area contributed by atoms with Crippen molar-refractivity contribution >= 4 is 21.8 Å². The van der Waals surface area contributed by atoms with Crippen LogP contribution in [-0.2, 0) is 17.8 Å². The summed E-state index contributed by atoms with van der Waals surface area (Å²) in [5, 5.41) is 8.23. The second-order valence-corrected chi connectivity index (χ2v) is 12.2. The van der Waals surface area contributed by atoms with Crippen LogP contribution in [0.2, 0.25) is 0 Å². The number of halogens is 1. The highest BCUT2D eigenvalue weighted by molar-refractivity contribution is 9.10. The van der Waals surface area contributed by atoms with Gasteiger partial charge in [-0.1, -0.05) is 46.3 Å². The summed E-state index contributed by atoms with van der Waals surface area (Å²) in [6, 6.07) is 10.6. The maximum atomic E-state index is 13.7. The molecule has 5 heteroatoms. The average Bonchev–Trinajstić information content (AvgIpc) is 3.11. The van der Waals surface area contributed by atoms with Crippen LogP contribution in [-0.4, -0.2) is 20.0 Å². The first-order chi connectivity index (χ1) is 14.5. The largest absolute Gasteiger partial charge is 0.349 e. The monoisotopic (exact) mass is 467 g/mol. The SMILES string of the molecule is O=C(NC1CCCc2c1cnn2Cc1ccccc1)C12CC3CC(CC(Br)(C3)C1)C2. The van der Waals surface area contributed by atoms with Gasteiger partial charge in [0.25, 0.3) is 0 Å². The van der Waals surface area contributed by atoms with E-state index in [2.05, 4.69) is 56.3 Å². The number of alkyl halides is 1. The molecule has 5 aliphatic carbocycles. The van der Waals surface area contributed by atoms with E-state index in [9.17, 15) is 4.79 Å². The van der Waals surface area contributed by atoms with Gasteiger partial charge in [0, 0.05) is 15.6 Å². The Morgan fingerprint density at radius 2 is 1.93 bits per heavy atom. The minimum Gasteiger partial charge on any atom is -0.349 e. The van der Waals surface area contributed by atoms with E-state index in [1.54, 1.807) is 0 Å². The summed E-state index contributed by atoms with van der Waals surface area (Å²) in [4.78, 5) is 13.7. The fourth-order valence-electron chi connectivity index (χ4n) is 7.39. The standard InChI is InChI=1S/C25H30BrN3O/c26-25-12-18-9-19(13-25)11-24(10-18,16-25)23(30)28-21-7-4-8-22-20(21)14-27-29(22)15-17-5-2-1-3-6-17/h1-3,5-6,14,18-19,21H,4,7-13,15-16H2,(H,28,30). The normalized spacial score (nSPS) is 36.5. The molecule has 30 heavy (non-hydrogen) atoms. The van der Waals surface area contributed by atoms with E-state index in [1.807, 2.05) is 6.20 Å². The number of rotatable bonds is 4. The zero-order chi connectivity index (χ0) is 20.3. The second kappa shape index (κ2) is 6.94. The fraction of sp³-hybridized carbons (Fsp3) is 0.600. The topological polar surface area (TPSA) is 46.9 Å². The van der Waals surface area contributed by atoms with Crippen molar-refractivity contribution < 1.29 is 4.79 Å². The maximum absolute atomic E-state index is 13.7. The van der Waals surface area contributed by atoms with Gasteiger partial charge in [-0.15, -0.1) is 0 Å². The van der Waals surface area contributed by atoms with E-state index in [0.717, 1.165) is 56.9 Å². The summed E-state index contributed by atoms with van der Waals surface area (Å²) in [5.74, 6) is 1.77. The van der Waals surface area contributed by atoms with Crippen molar-refractivity contribution in [1.29, 1.82) is 0 Å². The molecule has 2 aromatic rings. The third-order valence-electron chi connectivity index (χ3n) is 8.21. The molecule has 1 heterocycles. The van der Waals surface area contributed by atoms with E-state index in [1.165, 1.54) is 36.1 Å². The summed E-state index contributed by atoms with van der Waals surface area (Å²) in [7, 11) is 0. The lowest BCUT2D eigenvalue weighted by Crippen LogP contribution is -2.58. The van der Waals surface area contributed by atoms with Crippen LogP contribution < -0.4 is 5.32 Å². The number of hydrogen-bond acceptors (Lipinski definition) is 2. The molecule has 1 amide bonds. The van der Waals surface area contributed by atoms with Gasteiger partial charge in [0.05, 0.1) is 24.2 Å². The maximum Gasteiger partial charge on any atom is 0.226 e. The Balaban J connectivity index is 1.22. The van der Waals surface area contributed by atoms with Crippen molar-refractivity contribution in [2.45, 2.75) is 74.7 Å². The van der Waals surface area contributed by atoms with Gasteiger partial charge in [-0.2, -0.15) is 5.10 Å². The molecular formula is C25H30BrN3O. The zero-order valence-electron chi connectivity index (χ0n) is 17.4. The van der Waals surface area contributed by atoms with Gasteiger partial charge in [0.15, 0.2) is 0 Å². The summed E-state index contributed by atoms with van der Waals surface area (Å²) in [5.41, 5.74) is 3.66. The van der Waals surface area contributed by atoms with Crippen LogP contribution in [0.4, 0.5) is 0 Å². The number of nitrogens with one attached hydrogen (secondary N) is 1. The molecule has 0 spiro atoms. The Labute approximate surface area is 186 Å². The highest BCUT2D eigenvalue weighted by atomic mass is 79.9. The first kappa shape index (κ1) is 19.1. The molecule has 4 nitrogen and oxygen atoms in total. The smallest absolute Gasteiger partial charge is 0.226 e. The Hall–Kier alpha value is -1.62. The van der Waals surface area contributed by atoms with Crippen LogP contribution in [0.25, 0.3) is 0 Å². The molecule has 1 aromatic carbocycles. The molecule has 4 saturated carbocycles. The summed E-state index contributed by atoms with van der Waals surface area (Å²) in [6.07, 6.45) is 12.3. The molecule has 7 rings (SSSR count). The van der Waals surface area contributed by atoms with Gasteiger partial charge in [-0.3, -0.25) is 9.48 Å². The van der Waals surface area contributed by atoms with Crippen LogP contribution in [0.5, 0.6) is 0 Å². The van der Waals surface area contributed by atoms with E-state index in [0.29, 0.717) is 5.91 Å². The molecular weight excluding hydrogens is 438 g/mol. The van der Waals surface area contributed by atoms with Crippen LogP contribution in [0, 0.1) is 17.3 Å². The number of nitrogens with zero attached hydrogens (tertiary/aromatic N) is 2. The number of carbonyl (C=O) groups excluding carboxylic acids is 1. The van der Waals surface area contributed by atoms with Gasteiger partial charge in [-0.05, 0) is 75.2 Å². The number of fused-ring (bicyclic) bond motifs is 1. The van der Waals surface area contributed by atoms with Gasteiger partial charge in [0.2, 0.25) is 5.91 Å². The predicted octanol–water partition coefficient (Wildman–Crippen LogP) is 5.16. The molecule has 4 bridgehead atoms. The number of aromatic nitrogens is 2. The average molecular weight is 468 g/mol. The highest BCUT2D eigenvalue weighted by Crippen LogP contribution is 2.64. The van der Waals surface area contributed by atoms with E-state index in [-0.39, 0.29) is 15.8 Å². The summed E-state index contributed by atoms with van der Waals surface area (Å²) in [6.45, 7) is 0.802. The van der Waals surface area contributed by atoms with E-state index in [4.69, 9.17) is 5.10 Å². The van der Waals surface area contributed by atoms with Gasteiger partial charge in [0.1, 0.15) is 0 Å². The number of benzene rings is 1. The molecule has 0 aliphatic heterocycles. The predicted molar refractivity (Wildman–Crippen MR) is 120 cm³/mol. The Kier molecular flexibility index (Phi) is 4.42. The van der Waals surface area contributed by atoms with Crippen molar-refractivity contribution in [3.63, 3.8) is 0 Å². The van der Waals surface area contributed by atoms with Gasteiger partial charge < -0.3 is 5.32 Å². The van der Waals surface area contributed by atoms with Gasteiger partial charge >= 0.3 is 0 Å². The van der Waals surface area contributed by atoms with E-state index < -0.39 is 0 Å². The number of carbonyl (C=O) groups is 1. The van der Waals surface area contributed by atoms with Crippen LogP contribution in [0.15, 0.2) is 36.5 Å². The lowest BCUT2D eigenvalue weighted by molar-refractivity contribution is -0.145. The molecule has 158 valence electrons. The zero-order valence-corrected chi connectivity index (χ0v) is 19.0. The summed E-state index contributed by atoms with van der Waals surface area (Å²) >= 11 is 4.05. The molecule has 5 aliphatic rings. The summed E-state index contributed by atoms with van der Waals surface area (Å²) < 4.78 is 2.36. The Morgan fingerprint density at radius 1 is 1.17 bits per heavy atom. The molecule has 3 atom stereocenters. The Bertz CT molecular complexity index is 954. The lowest BCUT2D eigenvalue weighted by Gasteiger charge is -2.59. The Morgan fingerprint density at radius 3 is 2.67 bits per heavy atom. The van der Waals surface area contributed by atoms with Crippen molar-refractivity contribution in [3.8, 4) is 0 Å². The van der Waals surface area contributed by atoms with Crippen molar-refractivity contribution in [2.75, 3.05) is 0 Å². The number of amides is 1. The first-order valence-corrected chi connectivity index (χ1v) is 12.4. The second-order valence-electron chi connectivity index (χ2n) is 10.5. The molecule has 0 saturated heterocycles. The lowest BCUT2D eigenvalue weighted by atomic mass is 9.49. The third kappa shape index (κ3) is 3.16. The quantitative estimate of drug-likeness (QED) is 0.631. The van der Waals surface area contributed by atoms with Crippen molar-refractivity contribution in [3.05, 3.63) is 53.3 Å². The molecule has 3 unspecified atom stereocenters. The molecule has 1 aromatic heterocycles. The molecule has 0 radical (unpaired) electrons. The van der Waals surface area contributed by atoms with Crippen molar-refractivity contribution in [1.82, 2.24) is 15.1 Å². The third-order valence-corrected chi connectivity index (χ3v) is 9.14. The molecule has 4 fully saturated rings. The van der Waals surface area contributed by atoms with Crippen molar-refractivity contribution in [2.24, 2.45) is 17.3 Å². The first-order valence-electron chi connectivity index (χ1n) is 11.6. The van der Waals surface area contributed by atoms with E-state index >= 15 is 0 Å². The van der Waals surface area contributed by atoms with Crippen LogP contribution in [0.3, 0.4) is 0 Å². The molecule has 1 N–H and O–H groups in total. The fourth-order valence-corrected chi connectivity index (χ4v) is 8.84. The van der Waals surface area contributed by atoms with Crippen LogP contribution >= 0.6 is 15.9 Å². The van der Waals surface area contributed by atoms with Crippen LogP contribution in [0.1, 0.15) is 74.2 Å². The van der Waals surface area contributed by atoms with Gasteiger partial charge in [-0.25, -0.2) is 0 Å². The number of hydrogen-bond donors (Lipinski definition) is 1. The minimum atomic E-state index is -0.148. The highest BCUT2D eigenvalue weighted by Gasteiger charge is 2.59.